The van der Waals surface area contributed by atoms with Gasteiger partial charge in [0, 0.05) is 0 Å². The van der Waals surface area contributed by atoms with E-state index in [-0.39, 0.29) is 0 Å². The Labute approximate surface area is 83.0 Å². The largest absolute Gasteiger partial charge is 0.130 e. The fraction of sp³-hybridized carbons (Fsp3) is 0.615. The SMILES string of the molecule is CC=CCCCCCC=C=CCC. The zero-order valence-electron chi connectivity index (χ0n) is 9.05. The zero-order chi connectivity index (χ0) is 9.78. The summed E-state index contributed by atoms with van der Waals surface area (Å²) in [5, 5.41) is 0. The molecule has 0 heterocycles. The lowest BCUT2D eigenvalue weighted by molar-refractivity contribution is 0.696. The molecule has 0 saturated carbocycles. The molecule has 0 saturated heterocycles. The predicted molar refractivity (Wildman–Crippen MR) is 60.8 cm³/mol. The van der Waals surface area contributed by atoms with Crippen LogP contribution in [0.3, 0.4) is 0 Å². The molecule has 0 rings (SSSR count). The van der Waals surface area contributed by atoms with Crippen molar-refractivity contribution in [2.45, 2.75) is 52.4 Å². The van der Waals surface area contributed by atoms with Crippen molar-refractivity contribution in [1.82, 2.24) is 0 Å². The maximum absolute atomic E-state index is 3.17. The van der Waals surface area contributed by atoms with Gasteiger partial charge in [-0.2, -0.15) is 0 Å². The van der Waals surface area contributed by atoms with Crippen LogP contribution in [0.15, 0.2) is 30.0 Å². The molecule has 74 valence electrons. The van der Waals surface area contributed by atoms with Crippen molar-refractivity contribution in [2.24, 2.45) is 0 Å². The Morgan fingerprint density at radius 3 is 2.46 bits per heavy atom. The quantitative estimate of drug-likeness (QED) is 0.303. The summed E-state index contributed by atoms with van der Waals surface area (Å²) >= 11 is 0. The molecule has 0 bridgehead atoms. The first-order chi connectivity index (χ1) is 6.41. The lowest BCUT2D eigenvalue weighted by atomic mass is 10.1. The van der Waals surface area contributed by atoms with Gasteiger partial charge in [-0.3, -0.25) is 0 Å². The van der Waals surface area contributed by atoms with Crippen molar-refractivity contribution in [3.8, 4) is 0 Å². The van der Waals surface area contributed by atoms with Crippen molar-refractivity contribution >= 4 is 0 Å². The van der Waals surface area contributed by atoms with E-state index in [0.717, 1.165) is 6.42 Å². The summed E-state index contributed by atoms with van der Waals surface area (Å²) < 4.78 is 0. The maximum Gasteiger partial charge on any atom is -0.0274 e. The monoisotopic (exact) mass is 178 g/mol. The average Bonchev–Trinajstić information content (AvgIpc) is 2.16. The van der Waals surface area contributed by atoms with Crippen LogP contribution in [0.5, 0.6) is 0 Å². The second kappa shape index (κ2) is 11.3. The molecule has 0 fully saturated rings. The first-order valence-electron chi connectivity index (χ1n) is 5.42. The van der Waals surface area contributed by atoms with E-state index < -0.39 is 0 Å². The van der Waals surface area contributed by atoms with Gasteiger partial charge in [-0.1, -0.05) is 25.5 Å². The van der Waals surface area contributed by atoms with Gasteiger partial charge in [0.2, 0.25) is 0 Å². The molecule has 0 atom stereocenters. The summed E-state index contributed by atoms with van der Waals surface area (Å²) in [7, 11) is 0. The van der Waals surface area contributed by atoms with Crippen LogP contribution in [0.4, 0.5) is 0 Å². The van der Waals surface area contributed by atoms with Crippen molar-refractivity contribution < 1.29 is 0 Å². The maximum atomic E-state index is 3.17. The van der Waals surface area contributed by atoms with Gasteiger partial charge in [0.15, 0.2) is 0 Å². The van der Waals surface area contributed by atoms with E-state index in [2.05, 4.69) is 43.9 Å². The minimum Gasteiger partial charge on any atom is -0.130 e. The summed E-state index contributed by atoms with van der Waals surface area (Å²) in [6, 6.07) is 0. The molecule has 0 aliphatic heterocycles. The summed E-state index contributed by atoms with van der Waals surface area (Å²) in [5.41, 5.74) is 3.17. The highest BCUT2D eigenvalue weighted by atomic mass is 13.9. The number of allylic oxidation sites excluding steroid dienone is 3. The van der Waals surface area contributed by atoms with Gasteiger partial charge in [-0.05, 0) is 51.2 Å². The van der Waals surface area contributed by atoms with Gasteiger partial charge < -0.3 is 0 Å². The van der Waals surface area contributed by atoms with E-state index >= 15 is 0 Å². The van der Waals surface area contributed by atoms with E-state index in [1.165, 1.54) is 32.1 Å². The Bertz CT molecular complexity index is 168. The average molecular weight is 178 g/mol. The first-order valence-corrected chi connectivity index (χ1v) is 5.42. The molecule has 13 heavy (non-hydrogen) atoms. The van der Waals surface area contributed by atoms with Gasteiger partial charge in [0.05, 0.1) is 0 Å². The van der Waals surface area contributed by atoms with Gasteiger partial charge in [-0.15, -0.1) is 5.73 Å². The molecule has 0 aliphatic rings. The van der Waals surface area contributed by atoms with Crippen LogP contribution in [0.25, 0.3) is 0 Å². The first kappa shape index (κ1) is 12.3. The van der Waals surface area contributed by atoms with Crippen LogP contribution in [0, 0.1) is 0 Å². The second-order valence-electron chi connectivity index (χ2n) is 3.19. The zero-order valence-corrected chi connectivity index (χ0v) is 9.05. The van der Waals surface area contributed by atoms with E-state index in [0.29, 0.717) is 0 Å². The number of rotatable bonds is 7. The highest BCUT2D eigenvalue weighted by molar-refractivity contribution is 4.83. The number of unbranched alkanes of at least 4 members (excludes halogenated alkanes) is 4. The summed E-state index contributed by atoms with van der Waals surface area (Å²) in [5.74, 6) is 0. The third-order valence-electron chi connectivity index (χ3n) is 1.89. The van der Waals surface area contributed by atoms with Crippen LogP contribution in [0.1, 0.15) is 52.4 Å². The smallest absolute Gasteiger partial charge is 0.0274 e. The molecule has 0 heteroatoms. The van der Waals surface area contributed by atoms with Crippen LogP contribution in [-0.2, 0) is 0 Å². The molecule has 0 nitrogen and oxygen atoms in total. The molecule has 0 N–H and O–H groups in total. The molecule has 0 radical (unpaired) electrons. The third kappa shape index (κ3) is 11.3. The Balaban J connectivity index is 3.12. The number of hydrogen-bond acceptors (Lipinski definition) is 0. The van der Waals surface area contributed by atoms with Crippen LogP contribution in [-0.4, -0.2) is 0 Å². The summed E-state index contributed by atoms with van der Waals surface area (Å²) in [6.07, 6.45) is 16.1. The second-order valence-corrected chi connectivity index (χ2v) is 3.19. The third-order valence-corrected chi connectivity index (χ3v) is 1.89. The summed E-state index contributed by atoms with van der Waals surface area (Å²) in [6.45, 7) is 4.22. The topological polar surface area (TPSA) is 0 Å². The van der Waals surface area contributed by atoms with Crippen LogP contribution >= 0.6 is 0 Å². The lowest BCUT2D eigenvalue weighted by Gasteiger charge is -1.93. The Hall–Kier alpha value is -0.740. The molecule has 0 unspecified atom stereocenters. The van der Waals surface area contributed by atoms with Crippen molar-refractivity contribution in [2.75, 3.05) is 0 Å². The molecule has 0 aliphatic carbocycles. The highest BCUT2D eigenvalue weighted by Gasteiger charge is 1.84. The van der Waals surface area contributed by atoms with E-state index in [9.17, 15) is 0 Å². The molecule has 0 aromatic heterocycles. The van der Waals surface area contributed by atoms with Crippen molar-refractivity contribution in [3.63, 3.8) is 0 Å². The fourth-order valence-electron chi connectivity index (χ4n) is 1.14. The summed E-state index contributed by atoms with van der Waals surface area (Å²) in [4.78, 5) is 0. The van der Waals surface area contributed by atoms with Crippen LogP contribution in [0.2, 0.25) is 0 Å². The van der Waals surface area contributed by atoms with Gasteiger partial charge in [0.25, 0.3) is 0 Å². The molecule has 0 aromatic carbocycles. The van der Waals surface area contributed by atoms with E-state index in [1.807, 2.05) is 0 Å². The van der Waals surface area contributed by atoms with Gasteiger partial charge >= 0.3 is 0 Å². The van der Waals surface area contributed by atoms with Gasteiger partial charge in [-0.25, -0.2) is 0 Å². The Morgan fingerprint density at radius 2 is 1.77 bits per heavy atom. The highest BCUT2D eigenvalue weighted by Crippen LogP contribution is 2.03. The lowest BCUT2D eigenvalue weighted by Crippen LogP contribution is -1.73. The normalized spacial score (nSPS) is 10.0. The van der Waals surface area contributed by atoms with Crippen molar-refractivity contribution in [3.05, 3.63) is 30.0 Å². The van der Waals surface area contributed by atoms with Gasteiger partial charge in [0.1, 0.15) is 0 Å². The van der Waals surface area contributed by atoms with E-state index in [1.54, 1.807) is 0 Å². The fourth-order valence-corrected chi connectivity index (χ4v) is 1.14. The molecule has 0 aromatic rings. The molecule has 0 amide bonds. The predicted octanol–water partition coefficient (Wildman–Crippen LogP) is 4.63. The molecular weight excluding hydrogens is 156 g/mol. The minimum absolute atomic E-state index is 1.10. The minimum atomic E-state index is 1.10. The van der Waals surface area contributed by atoms with E-state index in [4.69, 9.17) is 0 Å². The standard InChI is InChI=1S/C13H22/c1-3-5-7-9-11-13-12-10-8-6-4-2/h3,5-6,10H,4,7,9,11-13H2,1-2H3. The number of hydrogen-bond donors (Lipinski definition) is 0. The van der Waals surface area contributed by atoms with Crippen molar-refractivity contribution in [1.29, 1.82) is 0 Å². The Morgan fingerprint density at radius 1 is 1.00 bits per heavy atom. The Kier molecular flexibility index (Phi) is 10.6. The molecule has 0 spiro atoms. The van der Waals surface area contributed by atoms with Crippen LogP contribution < -0.4 is 0 Å². The molecular formula is C13H22.